The van der Waals surface area contributed by atoms with Gasteiger partial charge >= 0.3 is 0 Å². The summed E-state index contributed by atoms with van der Waals surface area (Å²) in [6.45, 7) is 2.11. The first kappa shape index (κ1) is 21.1. The summed E-state index contributed by atoms with van der Waals surface area (Å²) in [7, 11) is 0. The lowest BCUT2D eigenvalue weighted by Gasteiger charge is -2.22. The Hall–Kier alpha value is -2.63. The monoisotopic (exact) mass is 410 g/mol. The van der Waals surface area contributed by atoms with Gasteiger partial charge in [-0.3, -0.25) is 9.48 Å². The van der Waals surface area contributed by atoms with Crippen LogP contribution in [-0.4, -0.2) is 28.3 Å². The van der Waals surface area contributed by atoms with Crippen molar-refractivity contribution in [1.29, 1.82) is 0 Å². The Bertz CT molecular complexity index is 905. The van der Waals surface area contributed by atoms with Crippen LogP contribution in [0, 0.1) is 0 Å². The minimum atomic E-state index is -0.0757. The largest absolute Gasteiger partial charge is 0.351 e. The second-order valence-electron chi connectivity index (χ2n) is 7.27. The maximum Gasteiger partial charge on any atom is 0.237 e. The molecule has 2 N–H and O–H groups in total. The summed E-state index contributed by atoms with van der Waals surface area (Å²) in [6.07, 6.45) is 5.21. The average Bonchev–Trinajstić information content (AvgIpc) is 3.16. The highest BCUT2D eigenvalue weighted by Gasteiger charge is 2.21. The van der Waals surface area contributed by atoms with Crippen LogP contribution in [-0.2, 0) is 17.9 Å². The predicted octanol–water partition coefficient (Wildman–Crippen LogP) is 3.78. The lowest BCUT2D eigenvalue weighted by molar-refractivity contribution is -0.123. The zero-order valence-electron chi connectivity index (χ0n) is 16.4. The highest BCUT2D eigenvalue weighted by Crippen LogP contribution is 2.22. The number of nitrogens with one attached hydrogen (secondary N) is 2. The summed E-state index contributed by atoms with van der Waals surface area (Å²) in [5, 5.41) is 11.2. The van der Waals surface area contributed by atoms with Crippen LogP contribution < -0.4 is 10.6 Å². The molecule has 1 unspecified atom stereocenters. The first-order chi connectivity index (χ1) is 13.8. The Balaban J connectivity index is 0.00000240. The summed E-state index contributed by atoms with van der Waals surface area (Å²) >= 11 is 0. The smallest absolute Gasteiger partial charge is 0.237 e. The van der Waals surface area contributed by atoms with Gasteiger partial charge in [-0.1, -0.05) is 67.1 Å². The van der Waals surface area contributed by atoms with E-state index in [2.05, 4.69) is 34.9 Å². The van der Waals surface area contributed by atoms with E-state index in [0.717, 1.165) is 42.6 Å². The van der Waals surface area contributed by atoms with E-state index in [4.69, 9.17) is 5.10 Å². The van der Waals surface area contributed by atoms with Crippen LogP contribution in [0.3, 0.4) is 0 Å². The molecule has 152 valence electrons. The van der Waals surface area contributed by atoms with E-state index in [1.54, 1.807) is 0 Å². The Morgan fingerprint density at radius 1 is 1.07 bits per heavy atom. The standard InChI is InChI=1S/C23H26N4O.ClH/c28-23(21-13-7-8-14-24-21)25-15-20-17-27(16-18-9-3-1-4-10-18)26-22(20)19-11-5-2-6-12-19;/h1-6,9-12,17,21,24H,7-8,13-16H2,(H,25,28);1H. The molecular formula is C23H27ClN4O. The van der Waals surface area contributed by atoms with Crippen LogP contribution in [0.5, 0.6) is 0 Å². The molecule has 0 radical (unpaired) electrons. The third kappa shape index (κ3) is 5.46. The number of rotatable bonds is 6. The van der Waals surface area contributed by atoms with E-state index >= 15 is 0 Å². The molecule has 2 aromatic carbocycles. The van der Waals surface area contributed by atoms with Gasteiger partial charge < -0.3 is 10.6 Å². The molecule has 6 heteroatoms. The minimum absolute atomic E-state index is 0. The summed E-state index contributed by atoms with van der Waals surface area (Å²) in [6, 6.07) is 20.4. The van der Waals surface area contributed by atoms with Crippen LogP contribution in [0.4, 0.5) is 0 Å². The molecule has 1 saturated heterocycles. The lowest BCUT2D eigenvalue weighted by atomic mass is 10.0. The topological polar surface area (TPSA) is 59.0 Å². The van der Waals surface area contributed by atoms with Crippen LogP contribution in [0.2, 0.25) is 0 Å². The van der Waals surface area contributed by atoms with Gasteiger partial charge in [0.25, 0.3) is 0 Å². The first-order valence-corrected chi connectivity index (χ1v) is 9.96. The molecule has 29 heavy (non-hydrogen) atoms. The van der Waals surface area contributed by atoms with E-state index in [1.165, 1.54) is 5.56 Å². The summed E-state index contributed by atoms with van der Waals surface area (Å²) in [5.41, 5.74) is 4.22. The Morgan fingerprint density at radius 3 is 2.48 bits per heavy atom. The van der Waals surface area contributed by atoms with Crippen molar-refractivity contribution in [3.63, 3.8) is 0 Å². The van der Waals surface area contributed by atoms with Gasteiger partial charge in [-0.15, -0.1) is 12.4 Å². The van der Waals surface area contributed by atoms with Crippen molar-refractivity contribution in [2.45, 2.75) is 38.4 Å². The number of hydrogen-bond acceptors (Lipinski definition) is 3. The van der Waals surface area contributed by atoms with Gasteiger partial charge in [-0.2, -0.15) is 5.10 Å². The lowest BCUT2D eigenvalue weighted by Crippen LogP contribution is -2.46. The zero-order chi connectivity index (χ0) is 19.2. The second-order valence-corrected chi connectivity index (χ2v) is 7.27. The minimum Gasteiger partial charge on any atom is -0.351 e. The molecule has 0 saturated carbocycles. The first-order valence-electron chi connectivity index (χ1n) is 9.96. The zero-order valence-corrected chi connectivity index (χ0v) is 17.2. The molecule has 1 aliphatic heterocycles. The normalized spacial score (nSPS) is 16.1. The molecule has 2 heterocycles. The molecule has 0 aliphatic carbocycles. The molecule has 0 bridgehead atoms. The van der Waals surface area contributed by atoms with Crippen molar-refractivity contribution in [2.24, 2.45) is 0 Å². The number of benzene rings is 2. The van der Waals surface area contributed by atoms with E-state index < -0.39 is 0 Å². The molecule has 1 aliphatic rings. The van der Waals surface area contributed by atoms with Crippen molar-refractivity contribution in [3.05, 3.63) is 78.0 Å². The number of nitrogens with zero attached hydrogens (tertiary/aromatic N) is 2. The number of piperidine rings is 1. The van der Waals surface area contributed by atoms with Gasteiger partial charge in [0.1, 0.15) is 0 Å². The molecule has 1 aromatic heterocycles. The number of carbonyl (C=O) groups excluding carboxylic acids is 1. The number of amides is 1. The van der Waals surface area contributed by atoms with Gasteiger partial charge in [-0.05, 0) is 24.9 Å². The molecule has 1 fully saturated rings. The van der Waals surface area contributed by atoms with Crippen LogP contribution in [0.15, 0.2) is 66.9 Å². The number of aromatic nitrogens is 2. The number of hydrogen-bond donors (Lipinski definition) is 2. The van der Waals surface area contributed by atoms with Crippen molar-refractivity contribution in [3.8, 4) is 11.3 Å². The second kappa shape index (κ2) is 10.2. The fourth-order valence-electron chi connectivity index (χ4n) is 3.66. The maximum absolute atomic E-state index is 12.5. The summed E-state index contributed by atoms with van der Waals surface area (Å²) in [4.78, 5) is 12.5. The van der Waals surface area contributed by atoms with Crippen molar-refractivity contribution in [2.75, 3.05) is 6.54 Å². The van der Waals surface area contributed by atoms with Gasteiger partial charge in [0, 0.05) is 23.9 Å². The Morgan fingerprint density at radius 2 is 1.79 bits per heavy atom. The molecule has 5 nitrogen and oxygen atoms in total. The molecular weight excluding hydrogens is 384 g/mol. The van der Waals surface area contributed by atoms with Crippen LogP contribution in [0.1, 0.15) is 30.4 Å². The van der Waals surface area contributed by atoms with Crippen molar-refractivity contribution >= 4 is 18.3 Å². The SMILES string of the molecule is Cl.O=C(NCc1cn(Cc2ccccc2)nc1-c1ccccc1)C1CCCCN1. The van der Waals surface area contributed by atoms with E-state index in [9.17, 15) is 4.79 Å². The van der Waals surface area contributed by atoms with Gasteiger partial charge in [0.15, 0.2) is 0 Å². The Labute approximate surface area is 177 Å². The fraction of sp³-hybridized carbons (Fsp3) is 0.304. The maximum atomic E-state index is 12.5. The molecule has 1 atom stereocenters. The molecule has 3 aromatic rings. The van der Waals surface area contributed by atoms with E-state index in [0.29, 0.717) is 13.1 Å². The molecule has 0 spiro atoms. The summed E-state index contributed by atoms with van der Waals surface area (Å²) in [5.74, 6) is 0.0783. The quantitative estimate of drug-likeness (QED) is 0.650. The number of carbonyl (C=O) groups is 1. The van der Waals surface area contributed by atoms with Gasteiger partial charge in [0.2, 0.25) is 5.91 Å². The summed E-state index contributed by atoms with van der Waals surface area (Å²) < 4.78 is 1.96. The van der Waals surface area contributed by atoms with E-state index in [-0.39, 0.29) is 24.4 Å². The van der Waals surface area contributed by atoms with E-state index in [1.807, 2.05) is 47.3 Å². The van der Waals surface area contributed by atoms with Crippen molar-refractivity contribution in [1.82, 2.24) is 20.4 Å². The highest BCUT2D eigenvalue weighted by molar-refractivity contribution is 5.85. The third-order valence-corrected chi connectivity index (χ3v) is 5.15. The molecule has 4 rings (SSSR count). The van der Waals surface area contributed by atoms with Gasteiger partial charge in [-0.25, -0.2) is 0 Å². The van der Waals surface area contributed by atoms with Gasteiger partial charge in [0.05, 0.1) is 18.3 Å². The highest BCUT2D eigenvalue weighted by atomic mass is 35.5. The average molecular weight is 411 g/mol. The third-order valence-electron chi connectivity index (χ3n) is 5.15. The van der Waals surface area contributed by atoms with Crippen LogP contribution in [0.25, 0.3) is 11.3 Å². The Kier molecular flexibility index (Phi) is 7.44. The number of halogens is 1. The molecule has 1 amide bonds. The van der Waals surface area contributed by atoms with Crippen LogP contribution >= 0.6 is 12.4 Å². The fourth-order valence-corrected chi connectivity index (χ4v) is 3.66. The van der Waals surface area contributed by atoms with Crippen molar-refractivity contribution < 1.29 is 4.79 Å². The predicted molar refractivity (Wildman–Crippen MR) is 118 cm³/mol.